The molecule has 0 aliphatic carbocycles. The van der Waals surface area contributed by atoms with Crippen LogP contribution in [0.2, 0.25) is 0 Å². The van der Waals surface area contributed by atoms with Crippen LogP contribution in [-0.4, -0.2) is 37.5 Å². The third-order valence-corrected chi connectivity index (χ3v) is 2.90. The van der Waals surface area contributed by atoms with E-state index in [1.54, 1.807) is 0 Å². The minimum absolute atomic E-state index is 0.229. The molecule has 14 heavy (non-hydrogen) atoms. The summed E-state index contributed by atoms with van der Waals surface area (Å²) in [5.41, 5.74) is 0. The predicted molar refractivity (Wildman–Crippen MR) is 58.1 cm³/mol. The van der Waals surface area contributed by atoms with Crippen molar-refractivity contribution in [2.24, 2.45) is 5.92 Å². The maximum atomic E-state index is 11.7. The second kappa shape index (κ2) is 6.02. The van der Waals surface area contributed by atoms with E-state index in [1.807, 2.05) is 11.9 Å². The van der Waals surface area contributed by atoms with Gasteiger partial charge >= 0.3 is 0 Å². The third kappa shape index (κ3) is 3.29. The Bertz CT molecular complexity index is 178. The van der Waals surface area contributed by atoms with Gasteiger partial charge in [0.05, 0.1) is 0 Å². The molecule has 0 spiro atoms. The average Bonchev–Trinajstić information content (AvgIpc) is 2.09. The molecule has 0 radical (unpaired) electrons. The van der Waals surface area contributed by atoms with Crippen LogP contribution in [0.3, 0.4) is 0 Å². The van der Waals surface area contributed by atoms with Crippen LogP contribution < -0.4 is 5.32 Å². The molecular formula is C11H22N2O. The Morgan fingerprint density at radius 3 is 2.64 bits per heavy atom. The van der Waals surface area contributed by atoms with Crippen molar-refractivity contribution in [3.05, 3.63) is 0 Å². The van der Waals surface area contributed by atoms with Gasteiger partial charge in [-0.05, 0) is 32.9 Å². The van der Waals surface area contributed by atoms with E-state index in [0.717, 1.165) is 32.5 Å². The summed E-state index contributed by atoms with van der Waals surface area (Å²) in [4.78, 5) is 13.7. The minimum Gasteiger partial charge on any atom is -0.342 e. The molecule has 3 heteroatoms. The number of hydrogen-bond acceptors (Lipinski definition) is 2. The summed E-state index contributed by atoms with van der Waals surface area (Å²) in [5, 5.41) is 3.12. The number of carbonyl (C=O) groups is 1. The maximum absolute atomic E-state index is 11.7. The van der Waals surface area contributed by atoms with Crippen molar-refractivity contribution in [3.8, 4) is 0 Å². The van der Waals surface area contributed by atoms with E-state index in [0.29, 0.717) is 5.91 Å². The number of likely N-dealkylation sites (tertiary alicyclic amines) is 1. The number of unbranched alkanes of at least 4 members (excludes halogenated alkanes) is 1. The molecule has 3 nitrogen and oxygen atoms in total. The number of amides is 1. The SMILES string of the molecule is CNCCCCC(C)C(=O)N1CCC1. The van der Waals surface area contributed by atoms with E-state index in [-0.39, 0.29) is 5.92 Å². The lowest BCUT2D eigenvalue weighted by atomic mass is 10.0. The molecule has 1 N–H and O–H groups in total. The molecule has 1 aliphatic heterocycles. The standard InChI is InChI=1S/C11H22N2O/c1-10(6-3-4-7-12-2)11(14)13-8-5-9-13/h10,12H,3-9H2,1-2H3. The molecule has 1 unspecified atom stereocenters. The highest BCUT2D eigenvalue weighted by Crippen LogP contribution is 2.15. The second-order valence-corrected chi connectivity index (χ2v) is 4.18. The summed E-state index contributed by atoms with van der Waals surface area (Å²) in [6.07, 6.45) is 4.56. The molecule has 1 atom stereocenters. The monoisotopic (exact) mass is 198 g/mol. The first-order valence-electron chi connectivity index (χ1n) is 5.69. The summed E-state index contributed by atoms with van der Waals surface area (Å²) in [7, 11) is 1.97. The number of carbonyl (C=O) groups excluding carboxylic acids is 1. The van der Waals surface area contributed by atoms with Crippen molar-refractivity contribution in [1.82, 2.24) is 10.2 Å². The van der Waals surface area contributed by atoms with E-state index in [9.17, 15) is 4.79 Å². The Balaban J connectivity index is 2.07. The van der Waals surface area contributed by atoms with E-state index in [2.05, 4.69) is 12.2 Å². The Kier molecular flexibility index (Phi) is 4.94. The molecule has 1 heterocycles. The van der Waals surface area contributed by atoms with E-state index < -0.39 is 0 Å². The van der Waals surface area contributed by atoms with Crippen molar-refractivity contribution in [1.29, 1.82) is 0 Å². The molecule has 1 fully saturated rings. The van der Waals surface area contributed by atoms with Gasteiger partial charge in [-0.15, -0.1) is 0 Å². The zero-order valence-corrected chi connectivity index (χ0v) is 9.38. The second-order valence-electron chi connectivity index (χ2n) is 4.18. The van der Waals surface area contributed by atoms with Gasteiger partial charge in [-0.2, -0.15) is 0 Å². The molecule has 0 bridgehead atoms. The summed E-state index contributed by atoms with van der Waals surface area (Å²) >= 11 is 0. The highest BCUT2D eigenvalue weighted by Gasteiger charge is 2.24. The Morgan fingerprint density at radius 1 is 1.43 bits per heavy atom. The van der Waals surface area contributed by atoms with Gasteiger partial charge in [-0.25, -0.2) is 0 Å². The fourth-order valence-corrected chi connectivity index (χ4v) is 1.72. The fourth-order valence-electron chi connectivity index (χ4n) is 1.72. The van der Waals surface area contributed by atoms with E-state index >= 15 is 0 Å². The molecule has 0 aromatic rings. The molecule has 1 rings (SSSR count). The van der Waals surface area contributed by atoms with Crippen molar-refractivity contribution in [2.75, 3.05) is 26.7 Å². The lowest BCUT2D eigenvalue weighted by Crippen LogP contribution is -2.44. The van der Waals surface area contributed by atoms with E-state index in [4.69, 9.17) is 0 Å². The average molecular weight is 198 g/mol. The summed E-state index contributed by atoms with van der Waals surface area (Å²) in [5.74, 6) is 0.591. The van der Waals surface area contributed by atoms with Gasteiger partial charge in [0, 0.05) is 19.0 Å². The molecule has 1 saturated heterocycles. The Morgan fingerprint density at radius 2 is 2.14 bits per heavy atom. The number of nitrogens with one attached hydrogen (secondary N) is 1. The Hall–Kier alpha value is -0.570. The molecule has 0 aromatic carbocycles. The highest BCUT2D eigenvalue weighted by atomic mass is 16.2. The van der Waals surface area contributed by atoms with Crippen LogP contribution >= 0.6 is 0 Å². The first kappa shape index (κ1) is 11.5. The number of hydrogen-bond donors (Lipinski definition) is 1. The van der Waals surface area contributed by atoms with Gasteiger partial charge in [0.1, 0.15) is 0 Å². The summed E-state index contributed by atoms with van der Waals surface area (Å²) in [6, 6.07) is 0. The molecule has 0 saturated carbocycles. The van der Waals surface area contributed by atoms with Crippen LogP contribution in [0.1, 0.15) is 32.6 Å². The molecule has 1 amide bonds. The predicted octanol–water partition coefficient (Wildman–Crippen LogP) is 1.24. The molecule has 82 valence electrons. The first-order valence-corrected chi connectivity index (χ1v) is 5.69. The minimum atomic E-state index is 0.229. The van der Waals surface area contributed by atoms with Crippen molar-refractivity contribution in [3.63, 3.8) is 0 Å². The van der Waals surface area contributed by atoms with Crippen LogP contribution in [0.25, 0.3) is 0 Å². The topological polar surface area (TPSA) is 32.3 Å². The highest BCUT2D eigenvalue weighted by molar-refractivity contribution is 5.79. The van der Waals surface area contributed by atoms with E-state index in [1.165, 1.54) is 12.8 Å². The van der Waals surface area contributed by atoms with Crippen LogP contribution in [0.4, 0.5) is 0 Å². The maximum Gasteiger partial charge on any atom is 0.225 e. The van der Waals surface area contributed by atoms with Crippen molar-refractivity contribution in [2.45, 2.75) is 32.6 Å². The lowest BCUT2D eigenvalue weighted by Gasteiger charge is -2.33. The van der Waals surface area contributed by atoms with Gasteiger partial charge in [-0.1, -0.05) is 13.3 Å². The largest absolute Gasteiger partial charge is 0.342 e. The Labute approximate surface area is 86.9 Å². The van der Waals surface area contributed by atoms with Crippen LogP contribution in [0.5, 0.6) is 0 Å². The third-order valence-electron chi connectivity index (χ3n) is 2.90. The number of nitrogens with zero attached hydrogens (tertiary/aromatic N) is 1. The van der Waals surface area contributed by atoms with Crippen LogP contribution in [-0.2, 0) is 4.79 Å². The van der Waals surface area contributed by atoms with Crippen LogP contribution in [0.15, 0.2) is 0 Å². The van der Waals surface area contributed by atoms with Gasteiger partial charge in [0.25, 0.3) is 0 Å². The zero-order valence-electron chi connectivity index (χ0n) is 9.38. The number of rotatable bonds is 6. The van der Waals surface area contributed by atoms with Gasteiger partial charge in [0.15, 0.2) is 0 Å². The fraction of sp³-hybridized carbons (Fsp3) is 0.909. The normalized spacial score (nSPS) is 17.7. The summed E-state index contributed by atoms with van der Waals surface area (Å²) < 4.78 is 0. The van der Waals surface area contributed by atoms with Gasteiger partial charge in [0.2, 0.25) is 5.91 Å². The van der Waals surface area contributed by atoms with Crippen molar-refractivity contribution < 1.29 is 4.79 Å². The molecular weight excluding hydrogens is 176 g/mol. The van der Waals surface area contributed by atoms with Gasteiger partial charge in [-0.3, -0.25) is 4.79 Å². The van der Waals surface area contributed by atoms with Gasteiger partial charge < -0.3 is 10.2 Å². The smallest absolute Gasteiger partial charge is 0.225 e. The quantitative estimate of drug-likeness (QED) is 0.651. The molecule has 1 aliphatic rings. The summed E-state index contributed by atoms with van der Waals surface area (Å²) in [6.45, 7) is 5.09. The first-order chi connectivity index (χ1) is 6.75. The molecule has 0 aromatic heterocycles. The van der Waals surface area contributed by atoms with Crippen LogP contribution in [0, 0.1) is 5.92 Å². The van der Waals surface area contributed by atoms with Crippen molar-refractivity contribution >= 4 is 5.91 Å². The zero-order chi connectivity index (χ0) is 10.4. The lowest BCUT2D eigenvalue weighted by molar-refractivity contribution is -0.138.